The zero-order chi connectivity index (χ0) is 9.30. The van der Waals surface area contributed by atoms with Crippen LogP contribution in [0.25, 0.3) is 0 Å². The summed E-state index contributed by atoms with van der Waals surface area (Å²) in [6.07, 6.45) is 0. The number of hydrogen-bond acceptors (Lipinski definition) is 2. The number of pyridine rings is 1. The number of hydrogen-bond donors (Lipinski definition) is 0. The van der Waals surface area contributed by atoms with Crippen molar-refractivity contribution in [1.82, 2.24) is 4.98 Å². The van der Waals surface area contributed by atoms with E-state index in [-0.39, 0.29) is 0 Å². The van der Waals surface area contributed by atoms with Gasteiger partial charge in [0.2, 0.25) is 0 Å². The smallest absolute Gasteiger partial charge is 0.203 e. The minimum Gasteiger partial charge on any atom is -0.203 e. The van der Waals surface area contributed by atoms with E-state index in [1.165, 1.54) is 28.7 Å². The van der Waals surface area contributed by atoms with Crippen LogP contribution in [0.3, 0.4) is 0 Å². The van der Waals surface area contributed by atoms with Crippen molar-refractivity contribution in [2.45, 2.75) is 0 Å². The van der Waals surface area contributed by atoms with Crippen molar-refractivity contribution in [2.75, 3.05) is 0 Å². The molecule has 0 aliphatic heterocycles. The second-order valence-corrected chi connectivity index (χ2v) is 2.88. The Hall–Kier alpha value is -0.840. The van der Waals surface area contributed by atoms with Gasteiger partial charge in [-0.3, -0.25) is 0 Å². The standard InChI is InChI=1S/C6F3IN2/c7-3-2(1-11)12-6(9)4(8)5(3)10. The molecule has 0 radical (unpaired) electrons. The normalized spacial score (nSPS) is 9.58. The molecule has 1 aromatic rings. The summed E-state index contributed by atoms with van der Waals surface area (Å²) in [5.41, 5.74) is -0.738. The van der Waals surface area contributed by atoms with Crippen molar-refractivity contribution >= 4 is 22.6 Å². The van der Waals surface area contributed by atoms with Crippen molar-refractivity contribution < 1.29 is 13.2 Å². The van der Waals surface area contributed by atoms with Crippen molar-refractivity contribution in [3.63, 3.8) is 0 Å². The van der Waals surface area contributed by atoms with Crippen molar-refractivity contribution in [2.24, 2.45) is 0 Å². The average molecular weight is 284 g/mol. The van der Waals surface area contributed by atoms with Crippen LogP contribution in [-0.4, -0.2) is 4.98 Å². The maximum Gasteiger partial charge on any atom is 0.251 e. The summed E-state index contributed by atoms with van der Waals surface area (Å²) >= 11 is 1.26. The topological polar surface area (TPSA) is 36.7 Å². The molecule has 1 aromatic heterocycles. The lowest BCUT2D eigenvalue weighted by Gasteiger charge is -1.98. The van der Waals surface area contributed by atoms with Crippen LogP contribution in [0.2, 0.25) is 0 Å². The zero-order valence-electron chi connectivity index (χ0n) is 5.41. The van der Waals surface area contributed by atoms with E-state index in [0.717, 1.165) is 0 Å². The minimum absolute atomic E-state index is 0.559. The Morgan fingerprint density at radius 1 is 1.25 bits per heavy atom. The molecule has 62 valence electrons. The van der Waals surface area contributed by atoms with E-state index in [0.29, 0.717) is 0 Å². The molecule has 0 atom stereocenters. The predicted octanol–water partition coefficient (Wildman–Crippen LogP) is 1.98. The molecule has 1 heterocycles. The number of aromatic nitrogens is 1. The van der Waals surface area contributed by atoms with Gasteiger partial charge < -0.3 is 0 Å². The molecule has 0 aliphatic carbocycles. The molecule has 0 spiro atoms. The SMILES string of the molecule is N#Cc1nc(F)c(F)c(I)c1F. The monoisotopic (exact) mass is 284 g/mol. The first kappa shape index (κ1) is 9.25. The van der Waals surface area contributed by atoms with Crippen LogP contribution in [0.15, 0.2) is 0 Å². The van der Waals surface area contributed by atoms with Crippen molar-refractivity contribution in [1.29, 1.82) is 5.26 Å². The van der Waals surface area contributed by atoms with Gasteiger partial charge >= 0.3 is 0 Å². The quantitative estimate of drug-likeness (QED) is 0.539. The summed E-state index contributed by atoms with van der Waals surface area (Å²) in [7, 11) is 0. The third-order valence-corrected chi connectivity index (χ3v) is 2.04. The number of halogens is 4. The molecule has 0 aliphatic rings. The Kier molecular flexibility index (Phi) is 2.52. The van der Waals surface area contributed by atoms with Gasteiger partial charge in [0.05, 0.1) is 3.57 Å². The first-order chi connectivity index (χ1) is 5.57. The Bertz CT molecular complexity index is 372. The Morgan fingerprint density at radius 2 is 1.83 bits per heavy atom. The third-order valence-electron chi connectivity index (χ3n) is 1.09. The maximum atomic E-state index is 12.7. The number of nitrogens with zero attached hydrogens (tertiary/aromatic N) is 2. The van der Waals surface area contributed by atoms with E-state index in [1.54, 1.807) is 0 Å². The fraction of sp³-hybridized carbons (Fsp3) is 0. The summed E-state index contributed by atoms with van der Waals surface area (Å²) in [6, 6.07) is 1.31. The molecule has 0 N–H and O–H groups in total. The lowest BCUT2D eigenvalue weighted by molar-refractivity contribution is 0.455. The van der Waals surface area contributed by atoms with E-state index in [4.69, 9.17) is 5.26 Å². The number of nitriles is 1. The molecular weight excluding hydrogens is 284 g/mol. The maximum absolute atomic E-state index is 12.7. The van der Waals surface area contributed by atoms with Crippen LogP contribution < -0.4 is 0 Å². The van der Waals surface area contributed by atoms with Crippen LogP contribution in [0, 0.1) is 32.5 Å². The van der Waals surface area contributed by atoms with Gasteiger partial charge in [-0.2, -0.15) is 9.65 Å². The summed E-state index contributed by atoms with van der Waals surface area (Å²) in [6.45, 7) is 0. The van der Waals surface area contributed by atoms with E-state index in [9.17, 15) is 13.2 Å². The number of rotatable bonds is 0. The molecule has 0 unspecified atom stereocenters. The van der Waals surface area contributed by atoms with Crippen LogP contribution in [0.4, 0.5) is 13.2 Å². The second-order valence-electron chi connectivity index (χ2n) is 1.80. The Balaban J connectivity index is 3.52. The molecule has 1 rings (SSSR count). The van der Waals surface area contributed by atoms with Crippen LogP contribution in [0.1, 0.15) is 5.69 Å². The summed E-state index contributed by atoms with van der Waals surface area (Å²) < 4.78 is 37.1. The summed E-state index contributed by atoms with van der Waals surface area (Å²) in [4.78, 5) is 2.77. The molecular formula is C6F3IN2. The van der Waals surface area contributed by atoms with Crippen molar-refractivity contribution in [3.8, 4) is 6.07 Å². The second kappa shape index (κ2) is 3.26. The Labute approximate surface area is 79.2 Å². The highest BCUT2D eigenvalue weighted by atomic mass is 127. The third kappa shape index (κ3) is 1.36. The molecule has 2 nitrogen and oxygen atoms in total. The average Bonchev–Trinajstić information content (AvgIpc) is 2.08. The van der Waals surface area contributed by atoms with Gasteiger partial charge in [0.25, 0.3) is 5.95 Å². The fourth-order valence-electron chi connectivity index (χ4n) is 0.561. The van der Waals surface area contributed by atoms with Crippen molar-refractivity contribution in [3.05, 3.63) is 26.8 Å². The molecule has 6 heteroatoms. The predicted molar refractivity (Wildman–Crippen MR) is 41.5 cm³/mol. The van der Waals surface area contributed by atoms with Gasteiger partial charge in [0.1, 0.15) is 6.07 Å². The lowest BCUT2D eigenvalue weighted by atomic mass is 10.3. The minimum atomic E-state index is -1.46. The molecule has 0 saturated heterocycles. The van der Waals surface area contributed by atoms with Crippen LogP contribution in [0.5, 0.6) is 0 Å². The molecule has 0 fully saturated rings. The highest BCUT2D eigenvalue weighted by molar-refractivity contribution is 14.1. The van der Waals surface area contributed by atoms with E-state index in [2.05, 4.69) is 4.98 Å². The van der Waals surface area contributed by atoms with Gasteiger partial charge in [-0.25, -0.2) is 13.8 Å². The highest BCUT2D eigenvalue weighted by Crippen LogP contribution is 2.18. The first-order valence-corrected chi connectivity index (χ1v) is 3.76. The van der Waals surface area contributed by atoms with Gasteiger partial charge in [-0.1, -0.05) is 0 Å². The fourth-order valence-corrected chi connectivity index (χ4v) is 1.04. The van der Waals surface area contributed by atoms with Crippen LogP contribution in [-0.2, 0) is 0 Å². The molecule has 0 amide bonds. The molecule has 0 bridgehead atoms. The van der Waals surface area contributed by atoms with E-state index in [1.807, 2.05) is 0 Å². The summed E-state index contributed by atoms with van der Waals surface area (Å²) in [5, 5.41) is 8.21. The Morgan fingerprint density at radius 3 is 2.33 bits per heavy atom. The van der Waals surface area contributed by atoms with Gasteiger partial charge in [-0.05, 0) is 22.6 Å². The molecule has 0 saturated carbocycles. The van der Waals surface area contributed by atoms with Gasteiger partial charge in [-0.15, -0.1) is 0 Å². The molecule has 12 heavy (non-hydrogen) atoms. The highest BCUT2D eigenvalue weighted by Gasteiger charge is 2.17. The van der Waals surface area contributed by atoms with Gasteiger partial charge in [0.15, 0.2) is 17.3 Å². The van der Waals surface area contributed by atoms with E-state index < -0.39 is 26.8 Å². The van der Waals surface area contributed by atoms with Gasteiger partial charge in [0, 0.05) is 0 Å². The molecule has 0 aromatic carbocycles. The lowest BCUT2D eigenvalue weighted by Crippen LogP contribution is -2.02. The summed E-state index contributed by atoms with van der Waals surface area (Å²) in [5.74, 6) is -3.96. The van der Waals surface area contributed by atoms with E-state index >= 15 is 0 Å². The zero-order valence-corrected chi connectivity index (χ0v) is 7.56. The largest absolute Gasteiger partial charge is 0.251 e. The van der Waals surface area contributed by atoms with Crippen LogP contribution >= 0.6 is 22.6 Å². The first-order valence-electron chi connectivity index (χ1n) is 2.68.